The van der Waals surface area contributed by atoms with E-state index in [-0.39, 0.29) is 17.5 Å². The summed E-state index contributed by atoms with van der Waals surface area (Å²) >= 11 is 0. The van der Waals surface area contributed by atoms with Crippen LogP contribution in [0.25, 0.3) is 0 Å². The lowest BCUT2D eigenvalue weighted by atomic mass is 10.2. The van der Waals surface area contributed by atoms with E-state index in [1.807, 2.05) is 27.7 Å². The normalized spacial score (nSPS) is 18.1. The molecule has 0 spiro atoms. The third kappa shape index (κ3) is 6.39. The van der Waals surface area contributed by atoms with Crippen molar-refractivity contribution in [3.8, 4) is 5.75 Å². The summed E-state index contributed by atoms with van der Waals surface area (Å²) in [7, 11) is -3.73. The van der Waals surface area contributed by atoms with Crippen LogP contribution in [0.5, 0.6) is 5.75 Å². The van der Waals surface area contributed by atoms with Crippen molar-refractivity contribution in [3.63, 3.8) is 0 Å². The van der Waals surface area contributed by atoms with E-state index < -0.39 is 27.4 Å². The fraction of sp³-hybridized carbons (Fsp3) is 0.458. The van der Waals surface area contributed by atoms with Gasteiger partial charge in [0.1, 0.15) is 23.7 Å². The lowest BCUT2D eigenvalue weighted by Gasteiger charge is -2.35. The Labute approximate surface area is 195 Å². The van der Waals surface area contributed by atoms with Crippen molar-refractivity contribution < 1.29 is 27.4 Å². The van der Waals surface area contributed by atoms with E-state index in [2.05, 4.69) is 4.72 Å². The second kappa shape index (κ2) is 9.23. The first-order chi connectivity index (χ1) is 15.3. The average molecular weight is 477 g/mol. The monoisotopic (exact) mass is 476 g/mol. The van der Waals surface area contributed by atoms with Gasteiger partial charge in [0.05, 0.1) is 23.2 Å². The zero-order valence-electron chi connectivity index (χ0n) is 19.9. The maximum absolute atomic E-state index is 12.8. The SMILES string of the molecule is Cc1ccc(S(=O)(=O)Nc2cccc(OC[C@@H]3COC(C)(C)N3C(=O)OC(C)(C)C)c2)cc1. The summed E-state index contributed by atoms with van der Waals surface area (Å²) in [5.74, 6) is 0.466. The predicted molar refractivity (Wildman–Crippen MR) is 126 cm³/mol. The first-order valence-corrected chi connectivity index (χ1v) is 12.2. The van der Waals surface area contributed by atoms with Gasteiger partial charge in [0, 0.05) is 6.07 Å². The topological polar surface area (TPSA) is 94.2 Å². The Morgan fingerprint density at radius 3 is 2.48 bits per heavy atom. The highest BCUT2D eigenvalue weighted by Gasteiger charge is 2.46. The molecule has 0 aliphatic carbocycles. The van der Waals surface area contributed by atoms with Crippen LogP contribution in [0, 0.1) is 6.92 Å². The number of carbonyl (C=O) groups excluding carboxylic acids is 1. The number of rotatable bonds is 6. The number of anilines is 1. The molecule has 8 nitrogen and oxygen atoms in total. The van der Waals surface area contributed by atoms with Gasteiger partial charge in [0.2, 0.25) is 0 Å². The number of nitrogens with zero attached hydrogens (tertiary/aromatic N) is 1. The number of nitrogens with one attached hydrogen (secondary N) is 1. The fourth-order valence-corrected chi connectivity index (χ4v) is 4.51. The number of carbonyl (C=O) groups is 1. The van der Waals surface area contributed by atoms with Gasteiger partial charge in [-0.05, 0) is 65.8 Å². The molecule has 3 rings (SSSR count). The van der Waals surface area contributed by atoms with Gasteiger partial charge in [0.25, 0.3) is 10.0 Å². The Morgan fingerprint density at radius 2 is 1.85 bits per heavy atom. The van der Waals surface area contributed by atoms with Crippen molar-refractivity contribution in [1.82, 2.24) is 4.90 Å². The van der Waals surface area contributed by atoms with Crippen LogP contribution in [-0.4, -0.2) is 50.0 Å². The van der Waals surface area contributed by atoms with Gasteiger partial charge in [-0.2, -0.15) is 0 Å². The minimum absolute atomic E-state index is 0.164. The minimum atomic E-state index is -3.73. The molecular weight excluding hydrogens is 444 g/mol. The lowest BCUT2D eigenvalue weighted by Crippen LogP contribution is -2.51. The molecule has 0 radical (unpaired) electrons. The molecule has 1 atom stereocenters. The quantitative estimate of drug-likeness (QED) is 0.658. The van der Waals surface area contributed by atoms with Crippen molar-refractivity contribution in [2.24, 2.45) is 0 Å². The van der Waals surface area contributed by atoms with Gasteiger partial charge >= 0.3 is 6.09 Å². The molecule has 1 saturated heterocycles. The van der Waals surface area contributed by atoms with Gasteiger partial charge < -0.3 is 14.2 Å². The largest absolute Gasteiger partial charge is 0.491 e. The van der Waals surface area contributed by atoms with Gasteiger partial charge in [-0.1, -0.05) is 23.8 Å². The Hall–Kier alpha value is -2.78. The van der Waals surface area contributed by atoms with E-state index in [0.29, 0.717) is 18.0 Å². The number of hydrogen-bond donors (Lipinski definition) is 1. The van der Waals surface area contributed by atoms with Crippen LogP contribution < -0.4 is 9.46 Å². The summed E-state index contributed by atoms with van der Waals surface area (Å²) in [5.41, 5.74) is -0.115. The van der Waals surface area contributed by atoms with Crippen molar-refractivity contribution >= 4 is 21.8 Å². The molecule has 1 N–H and O–H groups in total. The highest BCUT2D eigenvalue weighted by molar-refractivity contribution is 7.92. The van der Waals surface area contributed by atoms with Crippen LogP contribution in [0.4, 0.5) is 10.5 Å². The van der Waals surface area contributed by atoms with E-state index >= 15 is 0 Å². The van der Waals surface area contributed by atoms with Crippen LogP contribution in [0.3, 0.4) is 0 Å². The molecule has 1 aliphatic heterocycles. The van der Waals surface area contributed by atoms with Crippen molar-refractivity contribution in [3.05, 3.63) is 54.1 Å². The summed E-state index contributed by atoms with van der Waals surface area (Å²) in [6, 6.07) is 12.9. The maximum atomic E-state index is 12.8. The second-order valence-corrected chi connectivity index (χ2v) is 11.2. The summed E-state index contributed by atoms with van der Waals surface area (Å²) in [6.07, 6.45) is -0.474. The van der Waals surface area contributed by atoms with Crippen LogP contribution in [0.15, 0.2) is 53.4 Å². The first kappa shape index (κ1) is 24.9. The molecule has 33 heavy (non-hydrogen) atoms. The molecule has 0 saturated carbocycles. The number of sulfonamides is 1. The third-order valence-corrected chi connectivity index (χ3v) is 6.42. The third-order valence-electron chi connectivity index (χ3n) is 5.02. The highest BCUT2D eigenvalue weighted by Crippen LogP contribution is 2.30. The van der Waals surface area contributed by atoms with Gasteiger partial charge in [-0.3, -0.25) is 9.62 Å². The smallest absolute Gasteiger partial charge is 0.413 e. The predicted octanol–water partition coefficient (Wildman–Crippen LogP) is 4.55. The zero-order valence-corrected chi connectivity index (χ0v) is 20.7. The summed E-state index contributed by atoms with van der Waals surface area (Å²) < 4.78 is 45.1. The lowest BCUT2D eigenvalue weighted by molar-refractivity contribution is -0.0637. The fourth-order valence-electron chi connectivity index (χ4n) is 3.46. The van der Waals surface area contributed by atoms with Crippen molar-refractivity contribution in [2.75, 3.05) is 17.9 Å². The standard InChI is InChI=1S/C24H32N2O6S/c1-17-10-12-21(13-11-17)33(28,29)25-18-8-7-9-20(14-18)30-15-19-16-31-24(5,6)26(19)22(27)32-23(2,3)4/h7-14,19,25H,15-16H2,1-6H3/t19-/m1/s1. The summed E-state index contributed by atoms with van der Waals surface area (Å²) in [4.78, 5) is 14.5. The molecule has 2 aromatic rings. The summed E-state index contributed by atoms with van der Waals surface area (Å²) in [6.45, 7) is 11.4. The Morgan fingerprint density at radius 1 is 1.18 bits per heavy atom. The molecular formula is C24H32N2O6S. The van der Waals surface area contributed by atoms with Crippen LogP contribution in [0.1, 0.15) is 40.2 Å². The molecule has 0 unspecified atom stereocenters. The highest BCUT2D eigenvalue weighted by atomic mass is 32.2. The molecule has 1 fully saturated rings. The molecule has 1 heterocycles. The molecule has 0 aromatic heterocycles. The average Bonchev–Trinajstić information content (AvgIpc) is 2.99. The Bertz CT molecular complexity index is 1090. The van der Waals surface area contributed by atoms with Crippen molar-refractivity contribution in [2.45, 2.75) is 63.8 Å². The molecule has 2 aromatic carbocycles. The van der Waals surface area contributed by atoms with E-state index in [9.17, 15) is 13.2 Å². The van der Waals surface area contributed by atoms with E-state index in [1.165, 1.54) is 0 Å². The number of ether oxygens (including phenoxy) is 3. The number of benzene rings is 2. The molecule has 1 amide bonds. The summed E-state index contributed by atoms with van der Waals surface area (Å²) in [5, 5.41) is 0. The van der Waals surface area contributed by atoms with Crippen LogP contribution >= 0.6 is 0 Å². The number of aryl methyl sites for hydroxylation is 1. The van der Waals surface area contributed by atoms with Gasteiger partial charge in [0.15, 0.2) is 0 Å². The maximum Gasteiger partial charge on any atom is 0.413 e. The van der Waals surface area contributed by atoms with Crippen molar-refractivity contribution in [1.29, 1.82) is 0 Å². The Kier molecular flexibility index (Phi) is 6.95. The Balaban J connectivity index is 1.69. The number of hydrogen-bond acceptors (Lipinski definition) is 6. The van der Waals surface area contributed by atoms with Gasteiger partial charge in [-0.25, -0.2) is 13.2 Å². The van der Waals surface area contributed by atoms with E-state index in [1.54, 1.807) is 67.3 Å². The van der Waals surface area contributed by atoms with E-state index in [0.717, 1.165) is 5.56 Å². The molecule has 0 bridgehead atoms. The minimum Gasteiger partial charge on any atom is -0.491 e. The second-order valence-electron chi connectivity index (χ2n) is 9.52. The molecule has 9 heteroatoms. The zero-order chi connectivity index (χ0) is 24.4. The number of amides is 1. The van der Waals surface area contributed by atoms with E-state index in [4.69, 9.17) is 14.2 Å². The van der Waals surface area contributed by atoms with Crippen LogP contribution in [0.2, 0.25) is 0 Å². The van der Waals surface area contributed by atoms with Crippen LogP contribution in [-0.2, 0) is 19.5 Å². The first-order valence-electron chi connectivity index (χ1n) is 10.8. The molecule has 180 valence electrons. The molecule has 1 aliphatic rings. The van der Waals surface area contributed by atoms with Gasteiger partial charge in [-0.15, -0.1) is 0 Å².